The highest BCUT2D eigenvalue weighted by molar-refractivity contribution is 5.97. The molecule has 0 unspecified atom stereocenters. The fourth-order valence-electron chi connectivity index (χ4n) is 4.12. The number of aromatic nitrogens is 3. The fraction of sp³-hybridized carbons (Fsp3) is 0.360. The molecule has 0 aliphatic carbocycles. The molecule has 8 nitrogen and oxygen atoms in total. The van der Waals surface area contributed by atoms with Gasteiger partial charge < -0.3 is 19.7 Å². The lowest BCUT2D eigenvalue weighted by molar-refractivity contribution is -0.0248. The predicted octanol–water partition coefficient (Wildman–Crippen LogP) is 4.07. The smallest absolute Gasteiger partial charge is 0.257 e. The molecule has 1 N–H and O–H groups in total. The summed E-state index contributed by atoms with van der Waals surface area (Å²) in [6.07, 6.45) is -0.334. The Labute approximate surface area is 194 Å². The number of benzene rings is 1. The fourth-order valence-corrected chi connectivity index (χ4v) is 4.12. The van der Waals surface area contributed by atoms with Gasteiger partial charge >= 0.3 is 0 Å². The van der Waals surface area contributed by atoms with Crippen LogP contribution in [0.4, 0.5) is 11.6 Å². The number of ether oxygens (including phenoxy) is 2. The zero-order valence-electron chi connectivity index (χ0n) is 19.7. The summed E-state index contributed by atoms with van der Waals surface area (Å²) in [6, 6.07) is 11.4. The van der Waals surface area contributed by atoms with Crippen LogP contribution in [0.25, 0.3) is 0 Å². The summed E-state index contributed by atoms with van der Waals surface area (Å²) in [7, 11) is 1.59. The molecule has 1 aliphatic heterocycles. The van der Waals surface area contributed by atoms with Gasteiger partial charge in [0.2, 0.25) is 5.95 Å². The second-order valence-electron chi connectivity index (χ2n) is 8.29. The number of rotatable bonds is 5. The molecule has 8 heteroatoms. The standard InChI is InChI=1S/C25H29N5O3/c1-15-7-6-8-20(23(15)32-5)24(31)30-9-10-33-22(14-30)21-13-19(12-18(4)26-21)29-25-27-16(2)11-17(3)28-25/h6-8,11-13,22H,9-10,14H2,1-5H3,(H,26,27,28,29)/t22-/m1/s1. The van der Waals surface area contributed by atoms with E-state index in [1.165, 1.54) is 0 Å². The van der Waals surface area contributed by atoms with E-state index in [1.54, 1.807) is 18.1 Å². The third-order valence-corrected chi connectivity index (χ3v) is 5.54. The first kappa shape index (κ1) is 22.7. The van der Waals surface area contributed by atoms with E-state index in [4.69, 9.17) is 9.47 Å². The van der Waals surface area contributed by atoms with E-state index in [2.05, 4.69) is 20.3 Å². The molecular formula is C25H29N5O3. The van der Waals surface area contributed by atoms with Crippen LogP contribution in [0.3, 0.4) is 0 Å². The third kappa shape index (κ3) is 5.12. The molecule has 1 fully saturated rings. The molecule has 3 aromatic rings. The number of hydrogen-bond donors (Lipinski definition) is 1. The van der Waals surface area contributed by atoms with Crippen molar-refractivity contribution in [3.8, 4) is 5.75 Å². The first-order valence-corrected chi connectivity index (χ1v) is 11.0. The number of methoxy groups -OCH3 is 1. The third-order valence-electron chi connectivity index (χ3n) is 5.54. The van der Waals surface area contributed by atoms with Crippen molar-refractivity contribution in [2.24, 2.45) is 0 Å². The number of nitrogens with zero attached hydrogens (tertiary/aromatic N) is 4. The Balaban J connectivity index is 1.56. The lowest BCUT2D eigenvalue weighted by Crippen LogP contribution is -2.42. The van der Waals surface area contributed by atoms with Crippen LogP contribution in [0, 0.1) is 27.7 Å². The maximum Gasteiger partial charge on any atom is 0.257 e. The minimum absolute atomic E-state index is 0.0708. The van der Waals surface area contributed by atoms with Crippen LogP contribution in [0.2, 0.25) is 0 Å². The summed E-state index contributed by atoms with van der Waals surface area (Å²) in [5, 5.41) is 3.27. The Morgan fingerprint density at radius 3 is 2.52 bits per heavy atom. The van der Waals surface area contributed by atoms with Gasteiger partial charge in [0.15, 0.2) is 0 Å². The second-order valence-corrected chi connectivity index (χ2v) is 8.29. The molecule has 1 aliphatic rings. The summed E-state index contributed by atoms with van der Waals surface area (Å²) >= 11 is 0. The van der Waals surface area contributed by atoms with E-state index >= 15 is 0 Å². The van der Waals surface area contributed by atoms with Crippen LogP contribution in [0.5, 0.6) is 5.75 Å². The van der Waals surface area contributed by atoms with E-state index < -0.39 is 0 Å². The monoisotopic (exact) mass is 447 g/mol. The van der Waals surface area contributed by atoms with Gasteiger partial charge in [-0.25, -0.2) is 9.97 Å². The minimum atomic E-state index is -0.334. The molecule has 1 aromatic carbocycles. The molecule has 3 heterocycles. The van der Waals surface area contributed by atoms with Gasteiger partial charge in [-0.3, -0.25) is 9.78 Å². The van der Waals surface area contributed by atoms with Crippen molar-refractivity contribution in [3.63, 3.8) is 0 Å². The average Bonchev–Trinajstić information content (AvgIpc) is 2.77. The van der Waals surface area contributed by atoms with E-state index in [0.717, 1.165) is 34.0 Å². The average molecular weight is 448 g/mol. The Morgan fingerprint density at radius 1 is 1.06 bits per heavy atom. The Morgan fingerprint density at radius 2 is 1.79 bits per heavy atom. The van der Waals surface area contributed by atoms with Gasteiger partial charge in [-0.05, 0) is 57.5 Å². The quantitative estimate of drug-likeness (QED) is 0.631. The van der Waals surface area contributed by atoms with Gasteiger partial charge in [-0.15, -0.1) is 0 Å². The molecule has 1 saturated heterocycles. The van der Waals surface area contributed by atoms with Gasteiger partial charge in [-0.1, -0.05) is 12.1 Å². The van der Waals surface area contributed by atoms with Crippen LogP contribution >= 0.6 is 0 Å². The molecular weight excluding hydrogens is 418 g/mol. The zero-order valence-corrected chi connectivity index (χ0v) is 19.7. The van der Waals surface area contributed by atoms with E-state index in [0.29, 0.717) is 37.0 Å². The summed E-state index contributed by atoms with van der Waals surface area (Å²) in [5.41, 5.74) is 5.71. The number of hydrogen-bond acceptors (Lipinski definition) is 7. The normalized spacial score (nSPS) is 15.9. The first-order valence-electron chi connectivity index (χ1n) is 11.0. The summed E-state index contributed by atoms with van der Waals surface area (Å²) in [4.78, 5) is 28.7. The number of carbonyl (C=O) groups is 1. The van der Waals surface area contributed by atoms with Crippen molar-refractivity contribution >= 4 is 17.5 Å². The number of nitrogens with one attached hydrogen (secondary N) is 1. The molecule has 0 spiro atoms. The number of carbonyl (C=O) groups excluding carboxylic acids is 1. The maximum absolute atomic E-state index is 13.3. The van der Waals surface area contributed by atoms with Crippen molar-refractivity contribution in [1.29, 1.82) is 0 Å². The first-order chi connectivity index (χ1) is 15.8. The van der Waals surface area contributed by atoms with Crippen molar-refractivity contribution in [3.05, 3.63) is 70.3 Å². The van der Waals surface area contributed by atoms with E-state index in [1.807, 2.05) is 58.0 Å². The van der Waals surface area contributed by atoms with Gasteiger partial charge in [0.05, 0.1) is 31.5 Å². The lowest BCUT2D eigenvalue weighted by atomic mass is 10.1. The van der Waals surface area contributed by atoms with Crippen molar-refractivity contribution in [2.75, 3.05) is 32.1 Å². The van der Waals surface area contributed by atoms with Gasteiger partial charge in [-0.2, -0.15) is 0 Å². The maximum atomic E-state index is 13.3. The number of amides is 1. The summed E-state index contributed by atoms with van der Waals surface area (Å²) < 4.78 is 11.5. The second kappa shape index (κ2) is 9.54. The van der Waals surface area contributed by atoms with Gasteiger partial charge in [0.25, 0.3) is 5.91 Å². The predicted molar refractivity (Wildman–Crippen MR) is 126 cm³/mol. The van der Waals surface area contributed by atoms with E-state index in [9.17, 15) is 4.79 Å². The Bertz CT molecular complexity index is 1160. The largest absolute Gasteiger partial charge is 0.496 e. The zero-order chi connectivity index (χ0) is 23.5. The number of morpholine rings is 1. The molecule has 1 atom stereocenters. The topological polar surface area (TPSA) is 89.5 Å². The number of aryl methyl sites for hydroxylation is 4. The van der Waals surface area contributed by atoms with Gasteiger partial charge in [0.1, 0.15) is 11.9 Å². The molecule has 0 bridgehead atoms. The Kier molecular flexibility index (Phi) is 6.55. The van der Waals surface area contributed by atoms with E-state index in [-0.39, 0.29) is 12.0 Å². The number of pyridine rings is 1. The van der Waals surface area contributed by atoms with Crippen LogP contribution in [0.1, 0.15) is 44.8 Å². The number of para-hydroxylation sites is 1. The van der Waals surface area contributed by atoms with Crippen molar-refractivity contribution in [1.82, 2.24) is 19.9 Å². The summed E-state index contributed by atoms with van der Waals surface area (Å²) in [6.45, 7) is 9.10. The molecule has 1 amide bonds. The lowest BCUT2D eigenvalue weighted by Gasteiger charge is -2.33. The summed E-state index contributed by atoms with van der Waals surface area (Å²) in [5.74, 6) is 1.08. The van der Waals surface area contributed by atoms with Crippen LogP contribution in [-0.2, 0) is 4.74 Å². The highest BCUT2D eigenvalue weighted by Crippen LogP contribution is 2.29. The molecule has 0 saturated carbocycles. The van der Waals surface area contributed by atoms with Crippen molar-refractivity contribution < 1.29 is 14.3 Å². The van der Waals surface area contributed by atoms with Crippen LogP contribution in [0.15, 0.2) is 36.4 Å². The van der Waals surface area contributed by atoms with Gasteiger partial charge in [0, 0.05) is 29.3 Å². The molecule has 172 valence electrons. The minimum Gasteiger partial charge on any atom is -0.496 e. The highest BCUT2D eigenvalue weighted by Gasteiger charge is 2.29. The molecule has 4 rings (SSSR count). The molecule has 0 radical (unpaired) electrons. The molecule has 33 heavy (non-hydrogen) atoms. The Hall–Kier alpha value is -3.52. The SMILES string of the molecule is COc1c(C)cccc1C(=O)N1CCO[C@@H](c2cc(Nc3nc(C)cc(C)n3)cc(C)n2)C1. The van der Waals surface area contributed by atoms with Crippen LogP contribution < -0.4 is 10.1 Å². The highest BCUT2D eigenvalue weighted by atomic mass is 16.5. The molecule has 2 aromatic heterocycles. The van der Waals surface area contributed by atoms with Crippen LogP contribution in [-0.4, -0.2) is 52.6 Å². The van der Waals surface area contributed by atoms with Crippen molar-refractivity contribution in [2.45, 2.75) is 33.8 Å². The number of anilines is 2.